The van der Waals surface area contributed by atoms with Gasteiger partial charge in [-0.15, -0.1) is 0 Å². The predicted molar refractivity (Wildman–Crippen MR) is 159 cm³/mol. The first-order valence-electron chi connectivity index (χ1n) is 13.9. The van der Waals surface area contributed by atoms with E-state index in [0.717, 1.165) is 33.6 Å². The van der Waals surface area contributed by atoms with Crippen molar-refractivity contribution in [3.8, 4) is 28.0 Å². The first-order chi connectivity index (χ1) is 18.7. The van der Waals surface area contributed by atoms with Crippen LogP contribution in [0, 0.1) is 0 Å². The van der Waals surface area contributed by atoms with E-state index in [1.165, 1.54) is 24.0 Å². The highest BCUT2D eigenvalue weighted by Crippen LogP contribution is 2.47. The van der Waals surface area contributed by atoms with Gasteiger partial charge in [-0.2, -0.15) is 0 Å². The van der Waals surface area contributed by atoms with Crippen LogP contribution < -0.4 is 4.74 Å². The lowest BCUT2D eigenvalue weighted by Gasteiger charge is -2.42. The van der Waals surface area contributed by atoms with E-state index in [0.29, 0.717) is 18.8 Å². The van der Waals surface area contributed by atoms with E-state index in [1.54, 1.807) is 0 Å². The Morgan fingerprint density at radius 2 is 1.36 bits per heavy atom. The first kappa shape index (κ1) is 26.7. The van der Waals surface area contributed by atoms with Gasteiger partial charge >= 0.3 is 5.97 Å². The van der Waals surface area contributed by atoms with Crippen LogP contribution in [0.1, 0.15) is 74.5 Å². The van der Waals surface area contributed by atoms with Gasteiger partial charge < -0.3 is 9.47 Å². The molecule has 0 bridgehead atoms. The molecule has 1 aliphatic rings. The summed E-state index contributed by atoms with van der Waals surface area (Å²) < 4.78 is 11.6. The second-order valence-corrected chi connectivity index (χ2v) is 11.8. The minimum Gasteiger partial charge on any atom is -0.488 e. The van der Waals surface area contributed by atoms with E-state index in [9.17, 15) is 4.79 Å². The average Bonchev–Trinajstić information content (AvgIpc) is 2.95. The predicted octanol–water partition coefficient (Wildman–Crippen LogP) is 9.13. The van der Waals surface area contributed by atoms with Crippen LogP contribution in [0.25, 0.3) is 22.3 Å². The number of hydrogen-bond acceptors (Lipinski definition) is 3. The molecule has 0 radical (unpaired) electrons. The van der Waals surface area contributed by atoms with Crippen LogP contribution in [0.4, 0.5) is 0 Å². The molecule has 4 aromatic rings. The third-order valence-electron chi connectivity index (χ3n) is 8.11. The smallest absolute Gasteiger partial charge is 0.338 e. The van der Waals surface area contributed by atoms with Gasteiger partial charge in [0.1, 0.15) is 12.4 Å². The summed E-state index contributed by atoms with van der Waals surface area (Å²) in [6, 6.07) is 31.2. The normalized spacial score (nSPS) is 15.3. The molecule has 5 rings (SSSR count). The lowest BCUT2D eigenvalue weighted by Crippen LogP contribution is -2.33. The molecule has 0 unspecified atom stereocenters. The minimum atomic E-state index is -0.297. The zero-order valence-electron chi connectivity index (χ0n) is 23.7. The van der Waals surface area contributed by atoms with Crippen LogP contribution in [0.3, 0.4) is 0 Å². The van der Waals surface area contributed by atoms with Crippen molar-refractivity contribution in [2.45, 2.75) is 64.9 Å². The van der Waals surface area contributed by atoms with Crippen molar-refractivity contribution < 1.29 is 14.3 Å². The van der Waals surface area contributed by atoms with Gasteiger partial charge in [0, 0.05) is 5.56 Å². The van der Waals surface area contributed by atoms with Crippen molar-refractivity contribution in [2.75, 3.05) is 6.61 Å². The Morgan fingerprint density at radius 1 is 0.718 bits per heavy atom. The van der Waals surface area contributed by atoms with E-state index in [1.807, 2.05) is 49.4 Å². The molecule has 1 aliphatic carbocycles. The number of carbonyl (C=O) groups is 1. The number of hydrogen-bond donors (Lipinski definition) is 0. The Morgan fingerprint density at radius 3 is 2.05 bits per heavy atom. The van der Waals surface area contributed by atoms with Crippen molar-refractivity contribution in [2.24, 2.45) is 0 Å². The standard InChI is InChI=1S/C36H38O3/c1-6-38-34(37)27-14-12-26(13-15-27)28-17-19-33(39-24-25-10-8-7-9-11-25)30(22-28)29-16-18-31-32(23-29)36(4,5)21-20-35(31,2)3/h7-19,22-23H,6,20-21,24H2,1-5H3. The van der Waals surface area contributed by atoms with Crippen LogP contribution in [0.5, 0.6) is 5.75 Å². The van der Waals surface area contributed by atoms with Gasteiger partial charge in [0.05, 0.1) is 12.2 Å². The van der Waals surface area contributed by atoms with Gasteiger partial charge in [-0.25, -0.2) is 4.79 Å². The van der Waals surface area contributed by atoms with Gasteiger partial charge in [-0.1, -0.05) is 94.4 Å². The molecule has 200 valence electrons. The lowest BCUT2D eigenvalue weighted by molar-refractivity contribution is 0.0526. The van der Waals surface area contributed by atoms with Crippen LogP contribution in [-0.2, 0) is 22.2 Å². The molecule has 0 amide bonds. The van der Waals surface area contributed by atoms with E-state index in [2.05, 4.69) is 76.2 Å². The molecule has 0 saturated heterocycles. The molecule has 3 heteroatoms. The molecule has 0 atom stereocenters. The molecule has 3 nitrogen and oxygen atoms in total. The molecule has 4 aromatic carbocycles. The van der Waals surface area contributed by atoms with Crippen LogP contribution in [0.2, 0.25) is 0 Å². The maximum absolute atomic E-state index is 12.1. The van der Waals surface area contributed by atoms with Crippen molar-refractivity contribution >= 4 is 5.97 Å². The summed E-state index contributed by atoms with van der Waals surface area (Å²) in [5.74, 6) is 0.563. The van der Waals surface area contributed by atoms with Crippen molar-refractivity contribution in [1.29, 1.82) is 0 Å². The third kappa shape index (κ3) is 5.63. The van der Waals surface area contributed by atoms with Crippen molar-refractivity contribution in [3.05, 3.63) is 113 Å². The van der Waals surface area contributed by atoms with Gasteiger partial charge in [0.25, 0.3) is 0 Å². The fourth-order valence-corrected chi connectivity index (χ4v) is 5.57. The Hall–Kier alpha value is -3.85. The molecule has 0 fully saturated rings. The highest BCUT2D eigenvalue weighted by Gasteiger charge is 2.37. The Kier molecular flexibility index (Phi) is 7.36. The zero-order valence-corrected chi connectivity index (χ0v) is 23.7. The lowest BCUT2D eigenvalue weighted by atomic mass is 9.63. The molecule has 0 heterocycles. The summed E-state index contributed by atoms with van der Waals surface area (Å²) in [4.78, 5) is 12.1. The molecule has 0 spiro atoms. The highest BCUT2D eigenvalue weighted by molar-refractivity contribution is 5.90. The third-order valence-corrected chi connectivity index (χ3v) is 8.11. The Bertz CT molecular complexity index is 1460. The minimum absolute atomic E-state index is 0.118. The first-order valence-corrected chi connectivity index (χ1v) is 13.9. The fourth-order valence-electron chi connectivity index (χ4n) is 5.57. The number of ether oxygens (including phenoxy) is 2. The van der Waals surface area contributed by atoms with Gasteiger partial charge in [0.15, 0.2) is 0 Å². The summed E-state index contributed by atoms with van der Waals surface area (Å²) in [6.07, 6.45) is 2.36. The van der Waals surface area contributed by atoms with Gasteiger partial charge in [-0.3, -0.25) is 0 Å². The Labute approximate surface area is 232 Å². The van der Waals surface area contributed by atoms with E-state index in [-0.39, 0.29) is 16.8 Å². The molecule has 0 aromatic heterocycles. The Balaban J connectivity index is 1.57. The summed E-state index contributed by atoms with van der Waals surface area (Å²) >= 11 is 0. The second-order valence-electron chi connectivity index (χ2n) is 11.8. The summed E-state index contributed by atoms with van der Waals surface area (Å²) in [6.45, 7) is 12.1. The monoisotopic (exact) mass is 518 g/mol. The van der Waals surface area contributed by atoms with E-state index < -0.39 is 0 Å². The number of fused-ring (bicyclic) bond motifs is 1. The van der Waals surface area contributed by atoms with Crippen molar-refractivity contribution in [3.63, 3.8) is 0 Å². The highest BCUT2D eigenvalue weighted by atomic mass is 16.5. The SMILES string of the molecule is CCOC(=O)c1ccc(-c2ccc(OCc3ccccc3)c(-c3ccc4c(c3)C(C)(C)CCC4(C)C)c2)cc1. The number of rotatable bonds is 7. The topological polar surface area (TPSA) is 35.5 Å². The number of esters is 1. The van der Waals surface area contributed by atoms with Crippen LogP contribution >= 0.6 is 0 Å². The maximum Gasteiger partial charge on any atom is 0.338 e. The molecular weight excluding hydrogens is 480 g/mol. The van der Waals surface area contributed by atoms with Crippen molar-refractivity contribution in [1.82, 2.24) is 0 Å². The molecular formula is C36H38O3. The second kappa shape index (κ2) is 10.7. The van der Waals surface area contributed by atoms with Gasteiger partial charge in [0.2, 0.25) is 0 Å². The molecule has 39 heavy (non-hydrogen) atoms. The van der Waals surface area contributed by atoms with Gasteiger partial charge in [-0.05, 0) is 88.2 Å². The number of carbonyl (C=O) groups excluding carboxylic acids is 1. The van der Waals surface area contributed by atoms with Crippen LogP contribution in [-0.4, -0.2) is 12.6 Å². The average molecular weight is 519 g/mol. The summed E-state index contributed by atoms with van der Waals surface area (Å²) in [7, 11) is 0. The molecule has 0 aliphatic heterocycles. The van der Waals surface area contributed by atoms with E-state index in [4.69, 9.17) is 9.47 Å². The van der Waals surface area contributed by atoms with E-state index >= 15 is 0 Å². The largest absolute Gasteiger partial charge is 0.488 e. The van der Waals surface area contributed by atoms with Crippen LogP contribution in [0.15, 0.2) is 91.0 Å². The zero-order chi connectivity index (χ0) is 27.6. The number of benzene rings is 4. The maximum atomic E-state index is 12.1. The summed E-state index contributed by atoms with van der Waals surface area (Å²) in [5.41, 5.74) is 9.19. The molecule has 0 N–H and O–H groups in total. The molecule has 0 saturated carbocycles. The quantitative estimate of drug-likeness (QED) is 0.229. The summed E-state index contributed by atoms with van der Waals surface area (Å²) in [5, 5.41) is 0. The fraction of sp³-hybridized carbons (Fsp3) is 0.306.